The summed E-state index contributed by atoms with van der Waals surface area (Å²) in [6, 6.07) is 5.19. The summed E-state index contributed by atoms with van der Waals surface area (Å²) in [5, 5.41) is 12.5. The zero-order valence-corrected chi connectivity index (χ0v) is 17.5. The van der Waals surface area contributed by atoms with Crippen molar-refractivity contribution in [2.24, 2.45) is 0 Å². The summed E-state index contributed by atoms with van der Waals surface area (Å²) in [7, 11) is 0. The Morgan fingerprint density at radius 3 is 2.87 bits per heavy atom. The van der Waals surface area contributed by atoms with Gasteiger partial charge in [-0.2, -0.15) is 0 Å². The van der Waals surface area contributed by atoms with Crippen LogP contribution in [0.15, 0.2) is 23.4 Å². The second-order valence-corrected chi connectivity index (χ2v) is 8.20. The van der Waals surface area contributed by atoms with Crippen LogP contribution in [0.2, 0.25) is 0 Å². The van der Waals surface area contributed by atoms with Crippen molar-refractivity contribution in [1.29, 1.82) is 0 Å². The van der Waals surface area contributed by atoms with Crippen molar-refractivity contribution in [2.45, 2.75) is 56.1 Å². The molecule has 0 bridgehead atoms. The largest absolute Gasteiger partial charge is 0.352 e. The van der Waals surface area contributed by atoms with Gasteiger partial charge in [-0.3, -0.25) is 4.79 Å². The van der Waals surface area contributed by atoms with E-state index in [2.05, 4.69) is 30.0 Å². The van der Waals surface area contributed by atoms with E-state index in [1.807, 2.05) is 6.26 Å². The molecule has 1 amide bonds. The topological polar surface area (TPSA) is 88.5 Å². The first-order valence-electron chi connectivity index (χ1n) is 10.1. The van der Waals surface area contributed by atoms with Crippen LogP contribution in [0, 0.1) is 0 Å². The van der Waals surface area contributed by atoms with Crippen LogP contribution in [0.5, 0.6) is 0 Å². The Kier molecular flexibility index (Phi) is 6.31. The number of imidazole rings is 1. The maximum Gasteiger partial charge on any atom is 0.295 e. The van der Waals surface area contributed by atoms with E-state index in [9.17, 15) is 13.6 Å². The smallest absolute Gasteiger partial charge is 0.295 e. The number of hydrogen-bond acceptors (Lipinski definition) is 5. The minimum Gasteiger partial charge on any atom is -0.352 e. The van der Waals surface area contributed by atoms with E-state index in [-0.39, 0.29) is 5.91 Å². The fraction of sp³-hybridized carbons (Fsp3) is 0.500. The number of fused-ring (bicyclic) bond motifs is 1. The molecule has 1 saturated carbocycles. The first-order valence-corrected chi connectivity index (χ1v) is 11.3. The average molecular weight is 435 g/mol. The minimum atomic E-state index is -2.67. The number of amides is 1. The highest BCUT2D eigenvalue weighted by Gasteiger charge is 2.23. The van der Waals surface area contributed by atoms with E-state index in [0.29, 0.717) is 29.2 Å². The molecule has 160 valence electrons. The highest BCUT2D eigenvalue weighted by Crippen LogP contribution is 2.33. The van der Waals surface area contributed by atoms with Crippen LogP contribution in [0.1, 0.15) is 66.6 Å². The second-order valence-electron chi connectivity index (χ2n) is 7.43. The Hall–Kier alpha value is -2.49. The molecule has 0 radical (unpaired) electrons. The van der Waals surface area contributed by atoms with Crippen molar-refractivity contribution in [3.05, 3.63) is 35.4 Å². The van der Waals surface area contributed by atoms with Crippen LogP contribution in [0.4, 0.5) is 8.78 Å². The molecule has 0 atom stereocenters. The maximum atomic E-state index is 12.8. The number of carbonyl (C=O) groups is 1. The summed E-state index contributed by atoms with van der Waals surface area (Å²) in [5.41, 5.74) is 1.25. The highest BCUT2D eigenvalue weighted by atomic mass is 32.2. The molecule has 0 unspecified atom stereocenters. The summed E-state index contributed by atoms with van der Waals surface area (Å²) in [6.07, 6.45) is 5.64. The van der Waals surface area contributed by atoms with Crippen LogP contribution in [-0.4, -0.2) is 43.4 Å². The molecule has 0 saturated heterocycles. The molecule has 0 spiro atoms. The summed E-state index contributed by atoms with van der Waals surface area (Å²) in [5.74, 6) is 0.338. The predicted octanol–water partition coefficient (Wildman–Crippen LogP) is 4.29. The number of alkyl halides is 2. The second kappa shape index (κ2) is 9.11. The number of nitrogens with one attached hydrogen (secondary N) is 2. The van der Waals surface area contributed by atoms with Crippen LogP contribution in [0.25, 0.3) is 11.0 Å². The number of hydrogen-bond donors (Lipinski definition) is 2. The molecule has 2 N–H and O–H groups in total. The third-order valence-electron chi connectivity index (χ3n) is 5.44. The predicted molar refractivity (Wildman–Crippen MR) is 111 cm³/mol. The summed E-state index contributed by atoms with van der Waals surface area (Å²) in [6.45, 7) is 0.494. The maximum absolute atomic E-state index is 12.8. The van der Waals surface area contributed by atoms with E-state index < -0.39 is 12.2 Å². The summed E-state index contributed by atoms with van der Waals surface area (Å²) in [4.78, 5) is 18.8. The van der Waals surface area contributed by atoms with Gasteiger partial charge in [0.25, 0.3) is 12.3 Å². The highest BCUT2D eigenvalue weighted by molar-refractivity contribution is 7.98. The van der Waals surface area contributed by atoms with Gasteiger partial charge in [0.05, 0.1) is 11.0 Å². The van der Waals surface area contributed by atoms with Gasteiger partial charge in [0, 0.05) is 24.6 Å². The molecule has 7 nitrogen and oxygen atoms in total. The standard InChI is InChI=1S/C20H24F2N6OS/c1-30-20-27-26-16(28(20)13-5-2-3-6-13)7-4-10-23-19(29)12-8-9-14-15(11-12)25-18(24-14)17(21)22/h8-9,11,13,17H,2-7,10H2,1H3,(H,23,29)(H,24,25). The molecule has 4 rings (SSSR count). The summed E-state index contributed by atoms with van der Waals surface area (Å²) < 4.78 is 27.8. The van der Waals surface area contributed by atoms with E-state index in [0.717, 1.165) is 23.8 Å². The lowest BCUT2D eigenvalue weighted by Crippen LogP contribution is -2.25. The molecule has 10 heteroatoms. The lowest BCUT2D eigenvalue weighted by Gasteiger charge is -2.16. The first kappa shape index (κ1) is 20.8. The van der Waals surface area contributed by atoms with Gasteiger partial charge in [-0.15, -0.1) is 10.2 Å². The lowest BCUT2D eigenvalue weighted by atomic mass is 10.2. The molecule has 2 aromatic heterocycles. The van der Waals surface area contributed by atoms with Crippen molar-refractivity contribution in [2.75, 3.05) is 12.8 Å². The Labute approximate surface area is 177 Å². The molecule has 3 aromatic rings. The zero-order chi connectivity index (χ0) is 21.1. The molecule has 2 heterocycles. The van der Waals surface area contributed by atoms with Gasteiger partial charge in [0.15, 0.2) is 11.0 Å². The first-order chi connectivity index (χ1) is 14.6. The van der Waals surface area contributed by atoms with Crippen molar-refractivity contribution in [3.63, 3.8) is 0 Å². The van der Waals surface area contributed by atoms with Gasteiger partial charge in [-0.1, -0.05) is 24.6 Å². The van der Waals surface area contributed by atoms with Crippen molar-refractivity contribution in [1.82, 2.24) is 30.0 Å². The van der Waals surface area contributed by atoms with Gasteiger partial charge in [0.1, 0.15) is 5.82 Å². The fourth-order valence-corrected chi connectivity index (χ4v) is 4.54. The Morgan fingerprint density at radius 2 is 2.13 bits per heavy atom. The number of nitrogens with zero attached hydrogens (tertiary/aromatic N) is 4. The quantitative estimate of drug-likeness (QED) is 0.408. The number of aromatic amines is 1. The van der Waals surface area contributed by atoms with Crippen LogP contribution >= 0.6 is 11.8 Å². The average Bonchev–Trinajstić information content (AvgIpc) is 3.48. The Balaban J connectivity index is 1.34. The number of benzene rings is 1. The van der Waals surface area contributed by atoms with Crippen LogP contribution < -0.4 is 5.32 Å². The fourth-order valence-electron chi connectivity index (χ4n) is 3.97. The monoisotopic (exact) mass is 434 g/mol. The van der Waals surface area contributed by atoms with E-state index in [4.69, 9.17) is 0 Å². The molecule has 1 aromatic carbocycles. The number of aryl methyl sites for hydroxylation is 1. The molecule has 1 aliphatic carbocycles. The molecule has 30 heavy (non-hydrogen) atoms. The number of aromatic nitrogens is 5. The van der Waals surface area contributed by atoms with E-state index in [1.54, 1.807) is 30.0 Å². The third kappa shape index (κ3) is 4.33. The van der Waals surface area contributed by atoms with Crippen LogP contribution in [-0.2, 0) is 6.42 Å². The van der Waals surface area contributed by atoms with E-state index in [1.165, 1.54) is 25.7 Å². The van der Waals surface area contributed by atoms with Crippen molar-refractivity contribution >= 4 is 28.7 Å². The normalized spacial score (nSPS) is 14.8. The van der Waals surface area contributed by atoms with Gasteiger partial charge in [-0.25, -0.2) is 13.8 Å². The Bertz CT molecular complexity index is 1030. The van der Waals surface area contributed by atoms with Gasteiger partial charge in [-0.05, 0) is 43.7 Å². The van der Waals surface area contributed by atoms with E-state index >= 15 is 0 Å². The third-order valence-corrected chi connectivity index (χ3v) is 6.08. The van der Waals surface area contributed by atoms with Crippen molar-refractivity contribution < 1.29 is 13.6 Å². The number of rotatable bonds is 8. The number of halogens is 2. The molecular formula is C20H24F2N6OS. The van der Waals surface area contributed by atoms with Crippen molar-refractivity contribution in [3.8, 4) is 0 Å². The molecular weight excluding hydrogens is 410 g/mol. The Morgan fingerprint density at radius 1 is 1.33 bits per heavy atom. The lowest BCUT2D eigenvalue weighted by molar-refractivity contribution is 0.0953. The minimum absolute atomic E-state index is 0.243. The van der Waals surface area contributed by atoms with Crippen LogP contribution in [0.3, 0.4) is 0 Å². The molecule has 0 aliphatic heterocycles. The zero-order valence-electron chi connectivity index (χ0n) is 16.7. The van der Waals surface area contributed by atoms with Gasteiger partial charge in [0.2, 0.25) is 0 Å². The number of carbonyl (C=O) groups excluding carboxylic acids is 1. The van der Waals surface area contributed by atoms with Gasteiger partial charge < -0.3 is 14.9 Å². The van der Waals surface area contributed by atoms with Gasteiger partial charge >= 0.3 is 0 Å². The molecule has 1 fully saturated rings. The number of H-pyrrole nitrogens is 1. The molecule has 1 aliphatic rings. The SMILES string of the molecule is CSc1nnc(CCCNC(=O)c2ccc3nc(C(F)F)[nH]c3c2)n1C1CCCC1. The number of thioether (sulfide) groups is 1. The summed E-state index contributed by atoms with van der Waals surface area (Å²) >= 11 is 1.61.